The summed E-state index contributed by atoms with van der Waals surface area (Å²) in [5.74, 6) is 0.347. The van der Waals surface area contributed by atoms with Crippen molar-refractivity contribution in [2.75, 3.05) is 13.7 Å². The molecule has 0 bridgehead atoms. The number of hydrogen-bond donors (Lipinski definition) is 1. The summed E-state index contributed by atoms with van der Waals surface area (Å²) in [5.41, 5.74) is 0. The molecule has 0 saturated heterocycles. The van der Waals surface area contributed by atoms with Gasteiger partial charge in [-0.25, -0.2) is 0 Å². The molecule has 1 atom stereocenters. The highest BCUT2D eigenvalue weighted by molar-refractivity contribution is 8.00. The number of ether oxygens (including phenoxy) is 1. The minimum Gasteiger partial charge on any atom is -0.507 e. The molecular weight excluding hydrogens is 244 g/mol. The normalized spacial score (nSPS) is 12.8. The first-order valence-corrected chi connectivity index (χ1v) is 6.96. The maximum atomic E-state index is 9.84. The molecule has 2 rings (SSSR count). The minimum absolute atomic E-state index is 0.347. The first-order valence-electron chi connectivity index (χ1n) is 6.08. The summed E-state index contributed by atoms with van der Waals surface area (Å²) in [6.07, 6.45) is 1.02. The van der Waals surface area contributed by atoms with Crippen LogP contribution in [0.5, 0.6) is 5.75 Å². The molecule has 0 aliphatic rings. The maximum Gasteiger partial charge on any atom is 0.123 e. The van der Waals surface area contributed by atoms with Crippen molar-refractivity contribution in [2.24, 2.45) is 0 Å². The molecule has 1 N–H and O–H groups in total. The van der Waals surface area contributed by atoms with E-state index >= 15 is 0 Å². The van der Waals surface area contributed by atoms with Gasteiger partial charge in [-0.15, -0.1) is 11.8 Å². The average Bonchev–Trinajstić information content (AvgIpc) is 2.40. The highest BCUT2D eigenvalue weighted by Gasteiger charge is 2.09. The predicted molar refractivity (Wildman–Crippen MR) is 77.4 cm³/mol. The molecule has 0 aliphatic heterocycles. The summed E-state index contributed by atoms with van der Waals surface area (Å²) < 4.78 is 5.10. The van der Waals surface area contributed by atoms with Crippen LogP contribution < -0.4 is 0 Å². The van der Waals surface area contributed by atoms with Gasteiger partial charge in [0, 0.05) is 29.2 Å². The van der Waals surface area contributed by atoms with Crippen LogP contribution in [0.15, 0.2) is 41.3 Å². The summed E-state index contributed by atoms with van der Waals surface area (Å²) in [7, 11) is 1.73. The Balaban J connectivity index is 2.26. The second kappa shape index (κ2) is 6.12. The Hall–Kier alpha value is -1.19. The lowest BCUT2D eigenvalue weighted by Gasteiger charge is -2.13. The number of rotatable bonds is 5. The summed E-state index contributed by atoms with van der Waals surface area (Å²) >= 11 is 1.83. The zero-order chi connectivity index (χ0) is 13.0. The summed E-state index contributed by atoms with van der Waals surface area (Å²) in [6, 6.07) is 11.7. The molecule has 0 amide bonds. The number of phenols is 1. The molecule has 0 saturated carbocycles. The third kappa shape index (κ3) is 2.98. The average molecular weight is 262 g/mol. The molecule has 2 aromatic rings. The van der Waals surface area contributed by atoms with E-state index in [9.17, 15) is 5.11 Å². The van der Waals surface area contributed by atoms with Crippen molar-refractivity contribution >= 4 is 22.5 Å². The molecule has 0 fully saturated rings. The zero-order valence-electron chi connectivity index (χ0n) is 10.7. The lowest BCUT2D eigenvalue weighted by molar-refractivity contribution is 0.195. The first-order chi connectivity index (χ1) is 8.72. The van der Waals surface area contributed by atoms with Gasteiger partial charge in [0.2, 0.25) is 0 Å². The molecular formula is C15H18O2S. The van der Waals surface area contributed by atoms with Gasteiger partial charge in [0.1, 0.15) is 5.75 Å². The van der Waals surface area contributed by atoms with E-state index in [1.54, 1.807) is 13.2 Å². The monoisotopic (exact) mass is 262 g/mol. The van der Waals surface area contributed by atoms with Gasteiger partial charge in [0.05, 0.1) is 0 Å². The lowest BCUT2D eigenvalue weighted by Crippen LogP contribution is -2.01. The highest BCUT2D eigenvalue weighted by Crippen LogP contribution is 2.35. The molecule has 96 valence electrons. The third-order valence-corrected chi connectivity index (χ3v) is 4.17. The number of fused-ring (bicyclic) bond motifs is 1. The van der Waals surface area contributed by atoms with Crippen LogP contribution in [0.1, 0.15) is 13.3 Å². The Kier molecular flexibility index (Phi) is 4.50. The Morgan fingerprint density at radius 1 is 1.17 bits per heavy atom. The molecule has 0 aliphatic carbocycles. The zero-order valence-corrected chi connectivity index (χ0v) is 11.5. The van der Waals surface area contributed by atoms with E-state index < -0.39 is 0 Å². The van der Waals surface area contributed by atoms with E-state index in [0.717, 1.165) is 23.8 Å². The smallest absolute Gasteiger partial charge is 0.123 e. The number of benzene rings is 2. The Bertz CT molecular complexity index is 525. The van der Waals surface area contributed by atoms with Crippen LogP contribution in [0.4, 0.5) is 0 Å². The standard InChI is InChI=1S/C15H18O2S/c1-11(9-10-17-2)18-15-8-7-14(16)12-5-3-4-6-13(12)15/h3-8,11,16H,9-10H2,1-2H3. The van der Waals surface area contributed by atoms with Crippen molar-refractivity contribution in [1.29, 1.82) is 0 Å². The van der Waals surface area contributed by atoms with Crippen molar-refractivity contribution in [2.45, 2.75) is 23.5 Å². The fourth-order valence-electron chi connectivity index (χ4n) is 1.92. The lowest BCUT2D eigenvalue weighted by atomic mass is 10.1. The largest absolute Gasteiger partial charge is 0.507 e. The van der Waals surface area contributed by atoms with Gasteiger partial charge in [-0.05, 0) is 23.9 Å². The SMILES string of the molecule is COCCC(C)Sc1ccc(O)c2ccccc12. The molecule has 2 aromatic carbocycles. The third-order valence-electron chi connectivity index (χ3n) is 2.92. The van der Waals surface area contributed by atoms with Crippen molar-refractivity contribution in [3.63, 3.8) is 0 Å². The highest BCUT2D eigenvalue weighted by atomic mass is 32.2. The molecule has 3 heteroatoms. The maximum absolute atomic E-state index is 9.84. The molecule has 0 spiro atoms. The molecule has 0 aromatic heterocycles. The van der Waals surface area contributed by atoms with Gasteiger partial charge in [0.25, 0.3) is 0 Å². The molecule has 1 unspecified atom stereocenters. The number of thioether (sulfide) groups is 1. The molecule has 2 nitrogen and oxygen atoms in total. The summed E-state index contributed by atoms with van der Waals surface area (Å²) in [6.45, 7) is 2.98. The van der Waals surface area contributed by atoms with Crippen LogP contribution in [-0.4, -0.2) is 24.1 Å². The van der Waals surface area contributed by atoms with Crippen molar-refractivity contribution in [3.05, 3.63) is 36.4 Å². The van der Waals surface area contributed by atoms with Crippen LogP contribution in [-0.2, 0) is 4.74 Å². The molecule has 0 heterocycles. The van der Waals surface area contributed by atoms with Crippen LogP contribution in [0.3, 0.4) is 0 Å². The Labute approximate surface area is 112 Å². The van der Waals surface area contributed by atoms with Gasteiger partial charge in [-0.3, -0.25) is 0 Å². The van der Waals surface area contributed by atoms with Gasteiger partial charge >= 0.3 is 0 Å². The van der Waals surface area contributed by atoms with E-state index in [1.807, 2.05) is 36.0 Å². The van der Waals surface area contributed by atoms with E-state index in [1.165, 1.54) is 4.90 Å². The van der Waals surface area contributed by atoms with E-state index in [2.05, 4.69) is 13.0 Å². The fourth-order valence-corrected chi connectivity index (χ4v) is 3.02. The van der Waals surface area contributed by atoms with E-state index in [0.29, 0.717) is 11.0 Å². The van der Waals surface area contributed by atoms with Crippen LogP contribution in [0.25, 0.3) is 10.8 Å². The van der Waals surface area contributed by atoms with Gasteiger partial charge < -0.3 is 9.84 Å². The number of phenolic OH excluding ortho intramolecular Hbond substituents is 1. The fraction of sp³-hybridized carbons (Fsp3) is 0.333. The van der Waals surface area contributed by atoms with Crippen LogP contribution >= 0.6 is 11.8 Å². The number of hydrogen-bond acceptors (Lipinski definition) is 3. The van der Waals surface area contributed by atoms with E-state index in [4.69, 9.17) is 4.74 Å². The predicted octanol–water partition coefficient (Wildman–Crippen LogP) is 4.06. The Morgan fingerprint density at radius 3 is 2.61 bits per heavy atom. The van der Waals surface area contributed by atoms with Crippen LogP contribution in [0, 0.1) is 0 Å². The second-order valence-corrected chi connectivity index (χ2v) is 5.82. The summed E-state index contributed by atoms with van der Waals surface area (Å²) in [5, 5.41) is 12.4. The van der Waals surface area contributed by atoms with Crippen molar-refractivity contribution in [1.82, 2.24) is 0 Å². The van der Waals surface area contributed by atoms with Crippen molar-refractivity contribution in [3.8, 4) is 5.75 Å². The minimum atomic E-state index is 0.347. The quantitative estimate of drug-likeness (QED) is 0.824. The topological polar surface area (TPSA) is 29.5 Å². The number of aromatic hydroxyl groups is 1. The van der Waals surface area contributed by atoms with E-state index in [-0.39, 0.29) is 0 Å². The van der Waals surface area contributed by atoms with Crippen LogP contribution in [0.2, 0.25) is 0 Å². The molecule has 18 heavy (non-hydrogen) atoms. The van der Waals surface area contributed by atoms with Gasteiger partial charge in [0.15, 0.2) is 0 Å². The van der Waals surface area contributed by atoms with Gasteiger partial charge in [-0.1, -0.05) is 31.2 Å². The Morgan fingerprint density at radius 2 is 1.89 bits per heavy atom. The summed E-state index contributed by atoms with van der Waals surface area (Å²) in [4.78, 5) is 1.21. The van der Waals surface area contributed by atoms with Crippen molar-refractivity contribution < 1.29 is 9.84 Å². The molecule has 0 radical (unpaired) electrons. The van der Waals surface area contributed by atoms with Gasteiger partial charge in [-0.2, -0.15) is 0 Å². The second-order valence-electron chi connectivity index (χ2n) is 4.34. The number of methoxy groups -OCH3 is 1. The first kappa shape index (κ1) is 13.2.